The molecule has 2 unspecified atom stereocenters. The third kappa shape index (κ3) is 2.33. The molecule has 0 aromatic heterocycles. The molecule has 0 fully saturated rings. The van der Waals surface area contributed by atoms with E-state index in [2.05, 4.69) is 79.8 Å². The van der Waals surface area contributed by atoms with Gasteiger partial charge in [0.05, 0.1) is 0 Å². The van der Waals surface area contributed by atoms with Crippen molar-refractivity contribution in [2.24, 2.45) is 5.92 Å². The minimum absolute atomic E-state index is 0. The fraction of sp³-hybridized carbons (Fsp3) is 0.200. The second kappa shape index (κ2) is 5.72. The standard InChI is InChI=1S/C20H18.Li/c1-14(17-12-10-15-6-2-4-8-19(15)17)18-13-11-16-7-3-5-9-20(16)18;/h2-14,17-18H,1H3;. The Morgan fingerprint density at radius 1 is 0.714 bits per heavy atom. The van der Waals surface area contributed by atoms with Crippen LogP contribution in [0, 0.1) is 5.92 Å². The molecule has 0 nitrogen and oxygen atoms in total. The molecule has 21 heavy (non-hydrogen) atoms. The Kier molecular flexibility index (Phi) is 3.94. The fourth-order valence-corrected chi connectivity index (χ4v) is 3.69. The Morgan fingerprint density at radius 3 is 1.62 bits per heavy atom. The van der Waals surface area contributed by atoms with E-state index in [0.29, 0.717) is 17.8 Å². The Balaban J connectivity index is 0.00000132. The van der Waals surface area contributed by atoms with Crippen LogP contribution in [0.2, 0.25) is 0 Å². The average Bonchev–Trinajstić information content (AvgIpc) is 3.11. The van der Waals surface area contributed by atoms with Crippen molar-refractivity contribution in [2.45, 2.75) is 18.8 Å². The van der Waals surface area contributed by atoms with Gasteiger partial charge >= 0.3 is 0 Å². The largest absolute Gasteiger partial charge is 0.0761 e. The van der Waals surface area contributed by atoms with Gasteiger partial charge < -0.3 is 0 Å². The number of allylic oxidation sites excluding steroid dienone is 2. The maximum Gasteiger partial charge on any atom is 0.00617 e. The Bertz CT molecular complexity index is 650. The minimum atomic E-state index is 0. The van der Waals surface area contributed by atoms with Gasteiger partial charge in [0.25, 0.3) is 0 Å². The molecule has 0 N–H and O–H groups in total. The molecule has 0 heterocycles. The third-order valence-corrected chi connectivity index (χ3v) is 4.81. The average molecular weight is 265 g/mol. The van der Waals surface area contributed by atoms with Crippen LogP contribution < -0.4 is 0 Å². The van der Waals surface area contributed by atoms with Crippen molar-refractivity contribution in [3.05, 3.63) is 82.9 Å². The molecule has 2 atom stereocenters. The van der Waals surface area contributed by atoms with Gasteiger partial charge in [-0.05, 0) is 28.2 Å². The third-order valence-electron chi connectivity index (χ3n) is 4.81. The van der Waals surface area contributed by atoms with Crippen molar-refractivity contribution in [3.8, 4) is 0 Å². The zero-order chi connectivity index (χ0) is 13.5. The van der Waals surface area contributed by atoms with Crippen LogP contribution in [-0.4, -0.2) is 18.9 Å². The van der Waals surface area contributed by atoms with Gasteiger partial charge in [0, 0.05) is 30.7 Å². The van der Waals surface area contributed by atoms with E-state index in [9.17, 15) is 0 Å². The number of fused-ring (bicyclic) bond motifs is 2. The Hall–Kier alpha value is -1.48. The molecular weight excluding hydrogens is 247 g/mol. The first-order chi connectivity index (χ1) is 9.84. The summed E-state index contributed by atoms with van der Waals surface area (Å²) in [5.41, 5.74) is 5.75. The van der Waals surface area contributed by atoms with E-state index in [4.69, 9.17) is 0 Å². The minimum Gasteiger partial charge on any atom is -0.0761 e. The maximum atomic E-state index is 2.38. The van der Waals surface area contributed by atoms with Crippen LogP contribution in [0.4, 0.5) is 0 Å². The SMILES string of the molecule is CC(C1C=Cc2ccccc21)C1C=Cc2ccccc21.[Li]. The van der Waals surface area contributed by atoms with E-state index in [1.807, 2.05) is 0 Å². The molecule has 2 aromatic rings. The van der Waals surface area contributed by atoms with Crippen LogP contribution >= 0.6 is 0 Å². The van der Waals surface area contributed by atoms with Crippen molar-refractivity contribution in [2.75, 3.05) is 0 Å². The molecule has 4 rings (SSSR count). The molecule has 1 radical (unpaired) electrons. The molecule has 2 aromatic carbocycles. The second-order valence-corrected chi connectivity index (χ2v) is 5.89. The molecular formula is C20H18Li. The van der Waals surface area contributed by atoms with E-state index in [1.165, 1.54) is 22.3 Å². The summed E-state index contributed by atoms with van der Waals surface area (Å²) in [4.78, 5) is 0. The van der Waals surface area contributed by atoms with Gasteiger partial charge in [-0.25, -0.2) is 0 Å². The summed E-state index contributed by atoms with van der Waals surface area (Å²) in [6.45, 7) is 2.38. The molecule has 0 spiro atoms. The summed E-state index contributed by atoms with van der Waals surface area (Å²) >= 11 is 0. The molecule has 0 saturated heterocycles. The summed E-state index contributed by atoms with van der Waals surface area (Å²) in [6.07, 6.45) is 9.32. The van der Waals surface area contributed by atoms with Crippen LogP contribution in [0.3, 0.4) is 0 Å². The zero-order valence-corrected chi connectivity index (χ0v) is 12.7. The van der Waals surface area contributed by atoms with E-state index in [-0.39, 0.29) is 18.9 Å². The van der Waals surface area contributed by atoms with Crippen molar-refractivity contribution < 1.29 is 0 Å². The van der Waals surface area contributed by atoms with Crippen molar-refractivity contribution in [1.29, 1.82) is 0 Å². The summed E-state index contributed by atoms with van der Waals surface area (Å²) in [5, 5.41) is 0. The zero-order valence-electron chi connectivity index (χ0n) is 12.7. The fourth-order valence-electron chi connectivity index (χ4n) is 3.69. The maximum absolute atomic E-state index is 2.38. The van der Waals surface area contributed by atoms with Gasteiger partial charge in [-0.1, -0.05) is 79.8 Å². The van der Waals surface area contributed by atoms with Crippen molar-refractivity contribution >= 4 is 31.0 Å². The van der Waals surface area contributed by atoms with E-state index < -0.39 is 0 Å². The quantitative estimate of drug-likeness (QED) is 0.680. The number of hydrogen-bond acceptors (Lipinski definition) is 0. The van der Waals surface area contributed by atoms with Crippen LogP contribution in [0.5, 0.6) is 0 Å². The molecule has 0 bridgehead atoms. The van der Waals surface area contributed by atoms with Gasteiger partial charge in [0.15, 0.2) is 0 Å². The monoisotopic (exact) mass is 265 g/mol. The first-order valence-corrected chi connectivity index (χ1v) is 7.39. The number of hydrogen-bond donors (Lipinski definition) is 0. The Labute approximate surface area is 138 Å². The van der Waals surface area contributed by atoms with Crippen molar-refractivity contribution in [1.82, 2.24) is 0 Å². The molecule has 0 aliphatic heterocycles. The summed E-state index contributed by atoms with van der Waals surface area (Å²) in [6, 6.07) is 17.6. The van der Waals surface area contributed by atoms with E-state index in [1.54, 1.807) is 0 Å². The normalized spacial score (nSPS) is 22.5. The number of rotatable bonds is 2. The van der Waals surface area contributed by atoms with Gasteiger partial charge in [0.2, 0.25) is 0 Å². The van der Waals surface area contributed by atoms with Gasteiger partial charge in [-0.3, -0.25) is 0 Å². The first-order valence-electron chi connectivity index (χ1n) is 7.39. The van der Waals surface area contributed by atoms with Gasteiger partial charge in [-0.2, -0.15) is 0 Å². The summed E-state index contributed by atoms with van der Waals surface area (Å²) in [5.74, 6) is 1.66. The van der Waals surface area contributed by atoms with Crippen molar-refractivity contribution in [3.63, 3.8) is 0 Å². The van der Waals surface area contributed by atoms with Gasteiger partial charge in [-0.15, -0.1) is 0 Å². The molecule has 1 heteroatoms. The summed E-state index contributed by atoms with van der Waals surface area (Å²) < 4.78 is 0. The molecule has 2 aliphatic rings. The smallest absolute Gasteiger partial charge is 0.00617 e. The molecule has 0 saturated carbocycles. The summed E-state index contributed by atoms with van der Waals surface area (Å²) in [7, 11) is 0. The van der Waals surface area contributed by atoms with Crippen LogP contribution in [-0.2, 0) is 0 Å². The van der Waals surface area contributed by atoms with Crippen LogP contribution in [0.25, 0.3) is 12.2 Å². The Morgan fingerprint density at radius 2 is 1.14 bits per heavy atom. The molecule has 2 aliphatic carbocycles. The van der Waals surface area contributed by atoms with Gasteiger partial charge in [0.1, 0.15) is 0 Å². The van der Waals surface area contributed by atoms with Crippen LogP contribution in [0.1, 0.15) is 41.0 Å². The molecule has 99 valence electrons. The predicted molar refractivity (Wildman–Crippen MR) is 91.4 cm³/mol. The number of benzene rings is 2. The predicted octanol–water partition coefficient (Wildman–Crippen LogP) is 4.86. The van der Waals surface area contributed by atoms with E-state index in [0.717, 1.165) is 0 Å². The topological polar surface area (TPSA) is 0 Å². The second-order valence-electron chi connectivity index (χ2n) is 5.89. The first kappa shape index (κ1) is 14.5. The molecule has 0 amide bonds. The van der Waals surface area contributed by atoms with E-state index >= 15 is 0 Å². The van der Waals surface area contributed by atoms with Crippen LogP contribution in [0.15, 0.2) is 60.7 Å².